The zero-order valence-electron chi connectivity index (χ0n) is 34.8. The lowest BCUT2D eigenvalue weighted by molar-refractivity contribution is -0.301. The molecule has 14 heteroatoms. The molecule has 0 spiro atoms. The minimum atomic E-state index is -2.57. The van der Waals surface area contributed by atoms with E-state index in [1.807, 2.05) is 62.7 Å². The molecule has 0 unspecified atom stereocenters. The molecule has 1 saturated carbocycles. The molecule has 1 amide bonds. The molecule has 1 aliphatic carbocycles. The number of aliphatic hydroxyl groups is 4. The number of hydrogen-bond donors (Lipinski definition) is 4. The summed E-state index contributed by atoms with van der Waals surface area (Å²) in [7, 11) is 3.06. The molecule has 3 aliphatic heterocycles. The van der Waals surface area contributed by atoms with Crippen LogP contribution in [0.1, 0.15) is 105 Å². The van der Waals surface area contributed by atoms with E-state index in [0.29, 0.717) is 50.5 Å². The van der Waals surface area contributed by atoms with Crippen molar-refractivity contribution in [3.8, 4) is 0 Å². The zero-order chi connectivity index (χ0) is 42.2. The smallest absolute Gasteiger partial charge is 0.329 e. The van der Waals surface area contributed by atoms with Crippen molar-refractivity contribution in [2.24, 2.45) is 32.8 Å². The molecule has 14 atom stereocenters. The summed E-state index contributed by atoms with van der Waals surface area (Å²) in [6.07, 6.45) is 5.26. The molecule has 4 N–H and O–H groups in total. The van der Waals surface area contributed by atoms with Crippen LogP contribution in [-0.2, 0) is 33.3 Å². The Morgan fingerprint density at radius 3 is 2.35 bits per heavy atom. The predicted octanol–water partition coefficient (Wildman–Crippen LogP) is 5.21. The normalized spacial score (nSPS) is 41.7. The number of rotatable bonds is 6. The number of Topliss-reactive ketones (excluding diaryl/α,β-unsaturated/α-hetero) is 1. The minimum Gasteiger partial charge on any atom is -0.456 e. The van der Waals surface area contributed by atoms with Crippen LogP contribution in [-0.4, -0.2) is 124 Å². The third-order valence-electron chi connectivity index (χ3n) is 12.7. The number of carbonyl (C=O) groups is 3. The van der Waals surface area contributed by atoms with Crippen LogP contribution in [0, 0.1) is 29.6 Å². The van der Waals surface area contributed by atoms with Crippen LogP contribution >= 0.6 is 22.9 Å². The van der Waals surface area contributed by atoms with Crippen molar-refractivity contribution in [3.05, 3.63) is 36.0 Å². The van der Waals surface area contributed by atoms with Gasteiger partial charge in [-0.1, -0.05) is 44.6 Å². The highest BCUT2D eigenvalue weighted by atomic mass is 127. The van der Waals surface area contributed by atoms with Gasteiger partial charge in [-0.15, -0.1) is 6.58 Å². The number of halogens is 1. The Hall–Kier alpha value is -2.05. The highest BCUT2D eigenvalue weighted by molar-refractivity contribution is 14.1. The molecule has 4 aliphatic rings. The van der Waals surface area contributed by atoms with Crippen LogP contribution in [0.4, 0.5) is 0 Å². The lowest BCUT2D eigenvalue weighted by Gasteiger charge is -2.46. The second-order valence-electron chi connectivity index (χ2n) is 17.2. The number of methoxy groups -OCH3 is 2. The molecule has 0 aromatic heterocycles. The molecule has 0 aromatic carbocycles. The molecular formula is C43H67IN2O11. The van der Waals surface area contributed by atoms with Crippen LogP contribution in [0.2, 0.25) is 0 Å². The fraction of sp³-hybridized carbons (Fsp3) is 0.767. The standard InChI is InChI=1S/C43H67IN2O11/c1-9-12-30-18-24(2)17-25(3)19-35(49)39-37(55-8)21-27(5)43(53,57-39)40(50)41(51)46-16-11-10-13-32(46)42(52)56-38(28(6)34(48)23-31(30)45-44)26(4)20-29-14-15-33(47)36(22-29)54-7/h9,18,20,25,27-30,32-39,47-49,53H,1,10-17,19,21-23H2,2-8H3/b24-18+,26-20+,45-31-/t25-,27+,28+,29-,30+,32-,33+,34-,35-,36+,37-,38+,39+,43+/m0/s1. The minimum absolute atomic E-state index is 0.0223. The SMILES string of the molecule is C=CC[C@@H]1/C=C(\C)C[C@H](C)C[C@H](O)[C@H]2O[C@@](O)(C(=O)C(=O)N3CCCC[C@H]3C(=O)O[C@H](/C(C)=C/[C@@H]3CC[C@@H](O)[C@H](OC)C3)[C@H](C)[C@@H](O)C/C1=N/I)[C@H](C)C[C@@H]2OC. The van der Waals surface area contributed by atoms with E-state index in [0.717, 1.165) is 11.3 Å². The van der Waals surface area contributed by atoms with E-state index in [1.54, 1.807) is 14.0 Å². The van der Waals surface area contributed by atoms with E-state index in [4.69, 9.17) is 18.9 Å². The Bertz CT molecular complexity index is 1500. The van der Waals surface area contributed by atoms with Gasteiger partial charge >= 0.3 is 5.97 Å². The molecule has 13 nitrogen and oxygen atoms in total. The number of hydrogen-bond acceptors (Lipinski definition) is 12. The van der Waals surface area contributed by atoms with Crippen molar-refractivity contribution < 1.29 is 53.8 Å². The van der Waals surface area contributed by atoms with Crippen LogP contribution in [0.15, 0.2) is 39.2 Å². The van der Waals surface area contributed by atoms with Crippen LogP contribution < -0.4 is 0 Å². The summed E-state index contributed by atoms with van der Waals surface area (Å²) in [6, 6.07) is -1.13. The maximum absolute atomic E-state index is 14.3. The van der Waals surface area contributed by atoms with Gasteiger partial charge in [-0.25, -0.2) is 8.00 Å². The summed E-state index contributed by atoms with van der Waals surface area (Å²) < 4.78 is 28.3. The van der Waals surface area contributed by atoms with Crippen LogP contribution in [0.5, 0.6) is 0 Å². The van der Waals surface area contributed by atoms with Crippen molar-refractivity contribution in [2.45, 2.75) is 160 Å². The van der Waals surface area contributed by atoms with Crippen molar-refractivity contribution in [2.75, 3.05) is 20.8 Å². The highest BCUT2D eigenvalue weighted by Crippen LogP contribution is 2.39. The van der Waals surface area contributed by atoms with Gasteiger partial charge < -0.3 is 44.3 Å². The zero-order valence-corrected chi connectivity index (χ0v) is 37.0. The predicted molar refractivity (Wildman–Crippen MR) is 224 cm³/mol. The second-order valence-corrected chi connectivity index (χ2v) is 17.7. The van der Waals surface area contributed by atoms with E-state index >= 15 is 0 Å². The van der Waals surface area contributed by atoms with Gasteiger partial charge in [0.1, 0.15) is 18.2 Å². The number of cyclic esters (lactones) is 1. The molecule has 0 aromatic rings. The molecule has 322 valence electrons. The highest BCUT2D eigenvalue weighted by Gasteiger charge is 2.56. The van der Waals surface area contributed by atoms with E-state index in [2.05, 4.69) is 15.9 Å². The monoisotopic (exact) mass is 914 g/mol. The quantitative estimate of drug-likeness (QED) is 0.119. The van der Waals surface area contributed by atoms with E-state index in [9.17, 15) is 34.8 Å². The van der Waals surface area contributed by atoms with Gasteiger partial charge in [-0.05, 0) is 95.5 Å². The number of amides is 1. The second kappa shape index (κ2) is 21.5. The van der Waals surface area contributed by atoms with Crippen molar-refractivity contribution in [1.29, 1.82) is 0 Å². The maximum Gasteiger partial charge on any atom is 0.329 e. The largest absolute Gasteiger partial charge is 0.456 e. The molecule has 57 heavy (non-hydrogen) atoms. The fourth-order valence-corrected chi connectivity index (χ4v) is 9.89. The summed E-state index contributed by atoms with van der Waals surface area (Å²) in [5.41, 5.74) is 2.50. The summed E-state index contributed by atoms with van der Waals surface area (Å²) in [4.78, 5) is 43.8. The first-order valence-corrected chi connectivity index (χ1v) is 21.7. The summed E-state index contributed by atoms with van der Waals surface area (Å²) >= 11 is 1.96. The summed E-state index contributed by atoms with van der Waals surface area (Å²) in [5, 5.41) is 45.8. The van der Waals surface area contributed by atoms with Crippen LogP contribution in [0.25, 0.3) is 0 Å². The number of ketones is 1. The Labute approximate surface area is 352 Å². The number of allylic oxidation sites excluding steroid dienone is 4. The fourth-order valence-electron chi connectivity index (χ4n) is 9.33. The summed E-state index contributed by atoms with van der Waals surface area (Å²) in [5.74, 6) is -7.24. The molecule has 3 heterocycles. The van der Waals surface area contributed by atoms with E-state index in [1.165, 1.54) is 12.0 Å². The maximum atomic E-state index is 14.3. The van der Waals surface area contributed by atoms with Gasteiger partial charge in [0.25, 0.3) is 11.7 Å². The van der Waals surface area contributed by atoms with Gasteiger partial charge in [0.15, 0.2) is 0 Å². The molecule has 2 saturated heterocycles. The number of carbonyl (C=O) groups excluding carboxylic acids is 3. The lowest BCUT2D eigenvalue weighted by atomic mass is 9.81. The topological polar surface area (TPSA) is 185 Å². The third-order valence-corrected chi connectivity index (χ3v) is 13.3. The molecule has 4 rings (SSSR count). The lowest BCUT2D eigenvalue weighted by Crippen LogP contribution is -2.64. The first-order valence-electron chi connectivity index (χ1n) is 20.7. The number of ether oxygens (including phenoxy) is 4. The molecule has 3 fully saturated rings. The number of nitrogens with zero attached hydrogens (tertiary/aromatic N) is 2. The van der Waals surface area contributed by atoms with Crippen molar-refractivity contribution in [3.63, 3.8) is 0 Å². The molecular weight excluding hydrogens is 847 g/mol. The third kappa shape index (κ3) is 11.6. The van der Waals surface area contributed by atoms with E-state index in [-0.39, 0.29) is 56.1 Å². The summed E-state index contributed by atoms with van der Waals surface area (Å²) in [6.45, 7) is 13.4. The van der Waals surface area contributed by atoms with Crippen molar-refractivity contribution in [1.82, 2.24) is 4.90 Å². The molecule has 0 radical (unpaired) electrons. The number of fused-ring (bicyclic) bond motifs is 3. The average Bonchev–Trinajstić information content (AvgIpc) is 3.18. The Kier molecular flexibility index (Phi) is 17.9. The van der Waals surface area contributed by atoms with Gasteiger partial charge in [0, 0.05) is 50.7 Å². The van der Waals surface area contributed by atoms with Gasteiger partial charge in [-0.2, -0.15) is 0 Å². The van der Waals surface area contributed by atoms with Crippen molar-refractivity contribution >= 4 is 46.2 Å². The van der Waals surface area contributed by atoms with Gasteiger partial charge in [0.2, 0.25) is 5.79 Å². The first-order chi connectivity index (χ1) is 27.0. The molecule has 2 bridgehead atoms. The number of esters is 1. The van der Waals surface area contributed by atoms with Crippen LogP contribution in [0.3, 0.4) is 0 Å². The Morgan fingerprint density at radius 2 is 1.70 bits per heavy atom. The van der Waals surface area contributed by atoms with Gasteiger partial charge in [0.05, 0.1) is 53.4 Å². The Morgan fingerprint density at radius 1 is 1.00 bits per heavy atom. The van der Waals surface area contributed by atoms with E-state index < -0.39 is 77.9 Å². The number of piperidine rings is 1. The van der Waals surface area contributed by atoms with Gasteiger partial charge in [-0.3, -0.25) is 9.59 Å². The number of aliphatic hydroxyl groups excluding tert-OH is 3. The first kappa shape index (κ1) is 47.6. The average molecular weight is 915 g/mol. The Balaban J connectivity index is 1.79.